The van der Waals surface area contributed by atoms with Crippen LogP contribution in [0.25, 0.3) is 10.9 Å². The van der Waals surface area contributed by atoms with E-state index in [1.807, 2.05) is 6.20 Å². The number of para-hydroxylation sites is 1. The van der Waals surface area contributed by atoms with Crippen molar-refractivity contribution in [1.29, 1.82) is 0 Å². The number of nitrogens with zero attached hydrogens (tertiary/aromatic N) is 2. The highest BCUT2D eigenvalue weighted by atomic mass is 79.9. The number of rotatable bonds is 1. The van der Waals surface area contributed by atoms with Crippen molar-refractivity contribution in [2.24, 2.45) is 4.99 Å². The zero-order valence-electron chi connectivity index (χ0n) is 14.1. The van der Waals surface area contributed by atoms with Crippen molar-refractivity contribution < 1.29 is 0 Å². The molecular weight excluding hydrogens is 360 g/mol. The lowest BCUT2D eigenvalue weighted by Gasteiger charge is -2.30. The van der Waals surface area contributed by atoms with Gasteiger partial charge < -0.3 is 0 Å². The first-order valence-corrected chi connectivity index (χ1v) is 8.97. The summed E-state index contributed by atoms with van der Waals surface area (Å²) in [7, 11) is 0. The maximum Gasteiger partial charge on any atom is 0.0744 e. The number of fused-ring (bicyclic) bond motifs is 2. The van der Waals surface area contributed by atoms with Crippen LogP contribution in [0.2, 0.25) is 0 Å². The smallest absolute Gasteiger partial charge is 0.0744 e. The molecule has 3 aromatic rings. The van der Waals surface area contributed by atoms with Crippen LogP contribution in [0, 0.1) is 6.92 Å². The van der Waals surface area contributed by atoms with Gasteiger partial charge in [-0.1, -0.05) is 46.3 Å². The molecule has 1 aliphatic rings. The van der Waals surface area contributed by atoms with Gasteiger partial charge in [0.1, 0.15) is 0 Å². The van der Waals surface area contributed by atoms with Crippen molar-refractivity contribution >= 4 is 32.5 Å². The van der Waals surface area contributed by atoms with Crippen molar-refractivity contribution in [3.8, 4) is 0 Å². The molecule has 1 aliphatic heterocycles. The molecule has 0 radical (unpaired) electrons. The van der Waals surface area contributed by atoms with Gasteiger partial charge in [0.05, 0.1) is 16.8 Å². The summed E-state index contributed by atoms with van der Waals surface area (Å²) in [5.74, 6) is 0. The molecule has 1 aromatic heterocycles. The molecule has 0 aliphatic carbocycles. The van der Waals surface area contributed by atoms with E-state index < -0.39 is 0 Å². The van der Waals surface area contributed by atoms with Gasteiger partial charge >= 0.3 is 0 Å². The molecule has 0 bridgehead atoms. The molecule has 120 valence electrons. The van der Waals surface area contributed by atoms with Crippen LogP contribution in [0.4, 0.5) is 0 Å². The molecule has 2 nitrogen and oxygen atoms in total. The van der Waals surface area contributed by atoms with E-state index in [4.69, 9.17) is 9.98 Å². The minimum absolute atomic E-state index is 0.117. The van der Waals surface area contributed by atoms with Crippen molar-refractivity contribution in [3.05, 3.63) is 75.4 Å². The molecular formula is C21H19BrN2. The summed E-state index contributed by atoms with van der Waals surface area (Å²) in [4.78, 5) is 9.76. The molecule has 24 heavy (non-hydrogen) atoms. The van der Waals surface area contributed by atoms with E-state index in [-0.39, 0.29) is 5.54 Å². The number of aliphatic imine (C=N–C) groups is 1. The van der Waals surface area contributed by atoms with Gasteiger partial charge in [-0.05, 0) is 50.5 Å². The lowest BCUT2D eigenvalue weighted by atomic mass is 9.85. The van der Waals surface area contributed by atoms with E-state index in [0.29, 0.717) is 0 Å². The fourth-order valence-corrected chi connectivity index (χ4v) is 3.96. The number of benzene rings is 2. The molecule has 0 saturated carbocycles. The first-order chi connectivity index (χ1) is 11.4. The van der Waals surface area contributed by atoms with Crippen molar-refractivity contribution in [2.45, 2.75) is 32.7 Å². The van der Waals surface area contributed by atoms with Crippen LogP contribution >= 0.6 is 15.9 Å². The fraction of sp³-hybridized carbons (Fsp3) is 0.238. The predicted molar refractivity (Wildman–Crippen MR) is 104 cm³/mol. The van der Waals surface area contributed by atoms with E-state index >= 15 is 0 Å². The quantitative estimate of drug-likeness (QED) is 0.550. The van der Waals surface area contributed by atoms with Gasteiger partial charge in [0.15, 0.2) is 0 Å². The Morgan fingerprint density at radius 2 is 1.88 bits per heavy atom. The molecule has 2 aromatic carbocycles. The Bertz CT molecular complexity index is 986. The topological polar surface area (TPSA) is 25.2 Å². The summed E-state index contributed by atoms with van der Waals surface area (Å²) in [6.45, 7) is 6.48. The van der Waals surface area contributed by atoms with Crippen LogP contribution in [0.15, 0.2) is 58.1 Å². The number of pyridine rings is 1. The summed E-state index contributed by atoms with van der Waals surface area (Å²) in [5.41, 5.74) is 6.81. The van der Waals surface area contributed by atoms with Crippen molar-refractivity contribution in [2.75, 3.05) is 0 Å². The van der Waals surface area contributed by atoms with Gasteiger partial charge in [-0.15, -0.1) is 0 Å². The Kier molecular flexibility index (Phi) is 3.57. The Morgan fingerprint density at radius 1 is 1.08 bits per heavy atom. The Balaban J connectivity index is 1.95. The monoisotopic (exact) mass is 378 g/mol. The van der Waals surface area contributed by atoms with Crippen LogP contribution in [0.1, 0.15) is 36.1 Å². The lowest BCUT2D eigenvalue weighted by Crippen LogP contribution is -2.29. The van der Waals surface area contributed by atoms with Crippen LogP contribution in [-0.4, -0.2) is 16.2 Å². The SMILES string of the molecule is Cc1cccc2cc(C3=NC(C)(C)Cc4c(Br)cccc43)cnc12. The van der Waals surface area contributed by atoms with Crippen LogP contribution < -0.4 is 0 Å². The lowest BCUT2D eigenvalue weighted by molar-refractivity contribution is 0.512. The van der Waals surface area contributed by atoms with Gasteiger partial charge in [-0.3, -0.25) is 9.98 Å². The zero-order chi connectivity index (χ0) is 16.9. The standard InChI is InChI=1S/C21H19BrN2/c1-13-6-4-7-14-10-15(12-23-19(13)14)20-16-8-5-9-18(22)17(16)11-21(2,3)24-20/h4-10,12H,11H2,1-3H3. The molecule has 0 spiro atoms. The zero-order valence-corrected chi connectivity index (χ0v) is 15.7. The normalized spacial score (nSPS) is 15.9. The van der Waals surface area contributed by atoms with E-state index in [2.05, 4.69) is 79.2 Å². The molecule has 2 heterocycles. The van der Waals surface area contributed by atoms with Gasteiger partial charge in [0.2, 0.25) is 0 Å². The molecule has 0 saturated heterocycles. The first kappa shape index (κ1) is 15.5. The van der Waals surface area contributed by atoms with E-state index in [1.54, 1.807) is 0 Å². The number of hydrogen-bond acceptors (Lipinski definition) is 2. The molecule has 4 rings (SSSR count). The summed E-state index contributed by atoms with van der Waals surface area (Å²) in [5, 5.41) is 1.16. The highest BCUT2D eigenvalue weighted by Crippen LogP contribution is 2.34. The maximum absolute atomic E-state index is 5.05. The molecule has 0 fully saturated rings. The number of hydrogen-bond donors (Lipinski definition) is 0. The van der Waals surface area contributed by atoms with Gasteiger partial charge in [-0.2, -0.15) is 0 Å². The molecule has 3 heteroatoms. The largest absolute Gasteiger partial charge is 0.278 e. The van der Waals surface area contributed by atoms with E-state index in [9.17, 15) is 0 Å². The number of aryl methyl sites for hydroxylation is 1. The van der Waals surface area contributed by atoms with Gasteiger partial charge in [0.25, 0.3) is 0 Å². The summed E-state index contributed by atoms with van der Waals surface area (Å²) in [6.07, 6.45) is 2.90. The van der Waals surface area contributed by atoms with Crippen LogP contribution in [0.3, 0.4) is 0 Å². The van der Waals surface area contributed by atoms with E-state index in [1.165, 1.54) is 16.7 Å². The van der Waals surface area contributed by atoms with Crippen molar-refractivity contribution in [3.63, 3.8) is 0 Å². The second-order valence-electron chi connectivity index (χ2n) is 7.09. The third-order valence-electron chi connectivity index (χ3n) is 4.58. The highest BCUT2D eigenvalue weighted by molar-refractivity contribution is 9.10. The minimum atomic E-state index is -0.117. The van der Waals surface area contributed by atoms with Crippen molar-refractivity contribution in [1.82, 2.24) is 4.98 Å². The Labute approximate surface area is 150 Å². The van der Waals surface area contributed by atoms with Crippen LogP contribution in [-0.2, 0) is 6.42 Å². The molecule has 0 atom stereocenters. The summed E-state index contributed by atoms with van der Waals surface area (Å²) in [6, 6.07) is 14.9. The fourth-order valence-electron chi connectivity index (χ4n) is 3.46. The van der Waals surface area contributed by atoms with E-state index in [0.717, 1.165) is 33.1 Å². The Hall–Kier alpha value is -2.00. The second kappa shape index (κ2) is 5.52. The maximum atomic E-state index is 5.05. The Morgan fingerprint density at radius 3 is 2.71 bits per heavy atom. The average Bonchev–Trinajstić information content (AvgIpc) is 2.54. The average molecular weight is 379 g/mol. The summed E-state index contributed by atoms with van der Waals surface area (Å²) >= 11 is 3.71. The number of halogens is 1. The number of aromatic nitrogens is 1. The second-order valence-corrected chi connectivity index (χ2v) is 7.94. The van der Waals surface area contributed by atoms with Crippen LogP contribution in [0.5, 0.6) is 0 Å². The predicted octanol–water partition coefficient (Wildman–Crippen LogP) is 5.48. The molecule has 0 amide bonds. The van der Waals surface area contributed by atoms with Gasteiger partial charge in [-0.25, -0.2) is 0 Å². The highest BCUT2D eigenvalue weighted by Gasteiger charge is 2.28. The molecule has 0 N–H and O–H groups in total. The third kappa shape index (κ3) is 2.57. The minimum Gasteiger partial charge on any atom is -0.278 e. The summed E-state index contributed by atoms with van der Waals surface area (Å²) < 4.78 is 1.16. The first-order valence-electron chi connectivity index (χ1n) is 8.18. The van der Waals surface area contributed by atoms with Gasteiger partial charge in [0, 0.05) is 27.2 Å². The molecule has 0 unspecified atom stereocenters. The third-order valence-corrected chi connectivity index (χ3v) is 5.33.